The third-order valence-electron chi connectivity index (χ3n) is 7.71. The molecule has 0 spiro atoms. The van der Waals surface area contributed by atoms with E-state index in [0.29, 0.717) is 19.5 Å². The molecule has 36 heavy (non-hydrogen) atoms. The summed E-state index contributed by atoms with van der Waals surface area (Å²) in [5, 5.41) is 3.58. The van der Waals surface area contributed by atoms with Crippen LogP contribution in [0.4, 0.5) is 10.1 Å². The Kier molecular flexibility index (Phi) is 6.87. The number of nitrogens with zero attached hydrogens (tertiary/aromatic N) is 1. The zero-order chi connectivity index (χ0) is 25.3. The van der Waals surface area contributed by atoms with Gasteiger partial charge in [-0.1, -0.05) is 57.2 Å². The maximum atomic E-state index is 14.1. The number of aryl methyl sites for hydroxylation is 1. The number of rotatable bonds is 6. The molecule has 0 atom stereocenters. The summed E-state index contributed by atoms with van der Waals surface area (Å²) in [6.07, 6.45) is 6.22. The van der Waals surface area contributed by atoms with Crippen molar-refractivity contribution in [2.75, 3.05) is 18.4 Å². The molecule has 0 fully saturated rings. The molecule has 2 aliphatic rings. The zero-order valence-electron chi connectivity index (χ0n) is 21.8. The minimum atomic E-state index is -0.235. The summed E-state index contributed by atoms with van der Waals surface area (Å²) in [5.74, 6) is -0.154. The second-order valence-electron chi connectivity index (χ2n) is 11.3. The molecular weight excluding hydrogens is 447 g/mol. The van der Waals surface area contributed by atoms with Gasteiger partial charge in [-0.05, 0) is 95.5 Å². The van der Waals surface area contributed by atoms with E-state index in [0.717, 1.165) is 54.6 Å². The van der Waals surface area contributed by atoms with Crippen molar-refractivity contribution in [2.45, 2.75) is 71.3 Å². The summed E-state index contributed by atoms with van der Waals surface area (Å²) >= 11 is 0. The lowest BCUT2D eigenvalue weighted by molar-refractivity contribution is 0.0745. The topological polar surface area (TPSA) is 32.3 Å². The molecule has 188 valence electrons. The van der Waals surface area contributed by atoms with E-state index in [4.69, 9.17) is 0 Å². The number of carbonyl (C=O) groups excluding carboxylic acids is 1. The largest absolute Gasteiger partial charge is 0.384 e. The minimum absolute atomic E-state index is 0.0809. The van der Waals surface area contributed by atoms with E-state index in [2.05, 4.69) is 56.4 Å². The average Bonchev–Trinajstić information content (AvgIpc) is 3.35. The van der Waals surface area contributed by atoms with Crippen LogP contribution in [0.2, 0.25) is 0 Å². The van der Waals surface area contributed by atoms with Gasteiger partial charge in [0, 0.05) is 19.6 Å². The number of amides is 1. The molecule has 1 aliphatic heterocycles. The Labute approximate surface area is 214 Å². The predicted octanol–water partition coefficient (Wildman–Crippen LogP) is 6.86. The van der Waals surface area contributed by atoms with E-state index in [1.807, 2.05) is 17.0 Å². The Morgan fingerprint density at radius 1 is 0.917 bits per heavy atom. The van der Waals surface area contributed by atoms with Crippen molar-refractivity contribution in [1.82, 2.24) is 4.90 Å². The molecule has 0 saturated carbocycles. The molecule has 3 aromatic rings. The van der Waals surface area contributed by atoms with Crippen molar-refractivity contribution in [2.24, 2.45) is 0 Å². The summed E-state index contributed by atoms with van der Waals surface area (Å²) in [4.78, 5) is 16.1. The third-order valence-corrected chi connectivity index (χ3v) is 7.71. The van der Waals surface area contributed by atoms with Crippen LogP contribution < -0.4 is 5.32 Å². The quantitative estimate of drug-likeness (QED) is 0.415. The molecule has 1 amide bonds. The lowest BCUT2D eigenvalue weighted by atomic mass is 9.86. The van der Waals surface area contributed by atoms with Crippen LogP contribution in [0.1, 0.15) is 77.4 Å². The molecular formula is C32H37FN2O. The van der Waals surface area contributed by atoms with Gasteiger partial charge >= 0.3 is 0 Å². The molecule has 3 nitrogen and oxygen atoms in total. The summed E-state index contributed by atoms with van der Waals surface area (Å²) in [6.45, 7) is 8.68. The lowest BCUT2D eigenvalue weighted by Gasteiger charge is -2.28. The molecule has 0 unspecified atom stereocenters. The van der Waals surface area contributed by atoms with Crippen molar-refractivity contribution >= 4 is 11.6 Å². The van der Waals surface area contributed by atoms with E-state index in [1.165, 1.54) is 40.8 Å². The number of benzene rings is 3. The van der Waals surface area contributed by atoms with Crippen molar-refractivity contribution < 1.29 is 9.18 Å². The molecule has 0 aromatic heterocycles. The molecule has 0 saturated heterocycles. The summed E-state index contributed by atoms with van der Waals surface area (Å²) < 4.78 is 13.4. The van der Waals surface area contributed by atoms with Gasteiger partial charge < -0.3 is 10.2 Å². The van der Waals surface area contributed by atoms with Gasteiger partial charge in [0.15, 0.2) is 0 Å². The van der Waals surface area contributed by atoms with E-state index < -0.39 is 0 Å². The highest BCUT2D eigenvalue weighted by atomic mass is 19.1. The number of hydrogen-bond donors (Lipinski definition) is 1. The first-order chi connectivity index (χ1) is 17.3. The minimum Gasteiger partial charge on any atom is -0.384 e. The van der Waals surface area contributed by atoms with Crippen molar-refractivity contribution in [3.63, 3.8) is 0 Å². The fourth-order valence-electron chi connectivity index (χ4n) is 5.62. The summed E-state index contributed by atoms with van der Waals surface area (Å²) in [6, 6.07) is 17.4. The predicted molar refractivity (Wildman–Crippen MR) is 145 cm³/mol. The number of carbonyl (C=O) groups is 1. The van der Waals surface area contributed by atoms with Gasteiger partial charge in [0.05, 0.1) is 11.3 Å². The van der Waals surface area contributed by atoms with Gasteiger partial charge in [0.25, 0.3) is 5.91 Å². The highest BCUT2D eigenvalue weighted by Gasteiger charge is 2.28. The Hall–Kier alpha value is -3.14. The Morgan fingerprint density at radius 3 is 2.33 bits per heavy atom. The van der Waals surface area contributed by atoms with E-state index in [9.17, 15) is 9.18 Å². The summed E-state index contributed by atoms with van der Waals surface area (Å²) in [5.41, 5.74) is 9.60. The lowest BCUT2D eigenvalue weighted by Crippen LogP contribution is -2.34. The Morgan fingerprint density at radius 2 is 1.61 bits per heavy atom. The first-order valence-corrected chi connectivity index (χ1v) is 13.3. The molecule has 1 aliphatic carbocycles. The first kappa shape index (κ1) is 24.5. The van der Waals surface area contributed by atoms with Crippen LogP contribution in [0.25, 0.3) is 0 Å². The first-order valence-electron chi connectivity index (χ1n) is 13.3. The van der Waals surface area contributed by atoms with E-state index >= 15 is 0 Å². The Balaban J connectivity index is 1.46. The van der Waals surface area contributed by atoms with Crippen LogP contribution >= 0.6 is 0 Å². The maximum absolute atomic E-state index is 14.1. The van der Waals surface area contributed by atoms with Gasteiger partial charge in [-0.2, -0.15) is 0 Å². The van der Waals surface area contributed by atoms with Crippen molar-refractivity contribution in [3.8, 4) is 0 Å². The van der Waals surface area contributed by atoms with Crippen LogP contribution in [0.15, 0.2) is 54.6 Å². The highest BCUT2D eigenvalue weighted by Crippen LogP contribution is 2.37. The van der Waals surface area contributed by atoms with Crippen LogP contribution in [-0.2, 0) is 37.6 Å². The normalized spacial score (nSPS) is 14.7. The van der Waals surface area contributed by atoms with Crippen LogP contribution in [0.5, 0.6) is 0 Å². The molecule has 4 heteroatoms. The van der Waals surface area contributed by atoms with Crippen molar-refractivity contribution in [1.29, 1.82) is 0 Å². The molecule has 0 radical (unpaired) electrons. The smallest absolute Gasteiger partial charge is 0.256 e. The van der Waals surface area contributed by atoms with Crippen LogP contribution in [-0.4, -0.2) is 23.9 Å². The van der Waals surface area contributed by atoms with Gasteiger partial charge in [-0.3, -0.25) is 4.79 Å². The second-order valence-corrected chi connectivity index (χ2v) is 11.3. The fraction of sp³-hybridized carbons (Fsp3) is 0.406. The number of nitrogens with one attached hydrogen (secondary N) is 1. The van der Waals surface area contributed by atoms with Crippen LogP contribution in [0, 0.1) is 5.82 Å². The third kappa shape index (κ3) is 5.18. The zero-order valence-corrected chi connectivity index (χ0v) is 21.8. The number of fused-ring (bicyclic) bond motifs is 3. The standard InChI is InChI=1S/C32H37FN2O/c1-32(2,3)25-13-9-23(10-14-25)21-35(19-17-22-11-15-26(33)16-12-22)31(36)29-20-24-6-4-7-27(24)28-8-5-18-34-30(28)29/h9-16,20,34H,4-8,17-19,21H2,1-3H3. The van der Waals surface area contributed by atoms with Gasteiger partial charge in [0.2, 0.25) is 0 Å². The van der Waals surface area contributed by atoms with Crippen LogP contribution in [0.3, 0.4) is 0 Å². The number of anilines is 1. The van der Waals surface area contributed by atoms with E-state index in [-0.39, 0.29) is 17.1 Å². The molecule has 1 heterocycles. The molecule has 0 bridgehead atoms. The monoisotopic (exact) mass is 484 g/mol. The number of halogens is 1. The fourth-order valence-corrected chi connectivity index (χ4v) is 5.62. The Bertz CT molecular complexity index is 1240. The van der Waals surface area contributed by atoms with Crippen molar-refractivity contribution in [3.05, 3.63) is 99.4 Å². The second kappa shape index (κ2) is 10.1. The molecule has 5 rings (SSSR count). The molecule has 1 N–H and O–H groups in total. The average molecular weight is 485 g/mol. The van der Waals surface area contributed by atoms with Gasteiger partial charge in [0.1, 0.15) is 5.82 Å². The number of hydrogen-bond acceptors (Lipinski definition) is 2. The maximum Gasteiger partial charge on any atom is 0.256 e. The van der Waals surface area contributed by atoms with Gasteiger partial charge in [-0.15, -0.1) is 0 Å². The van der Waals surface area contributed by atoms with E-state index in [1.54, 1.807) is 0 Å². The molecule has 3 aromatic carbocycles. The van der Waals surface area contributed by atoms with Gasteiger partial charge in [-0.25, -0.2) is 4.39 Å². The SMILES string of the molecule is CC(C)(C)c1ccc(CN(CCc2ccc(F)cc2)C(=O)c2cc3c(c4c2NCCC4)CCC3)cc1. The summed E-state index contributed by atoms with van der Waals surface area (Å²) in [7, 11) is 0. The highest BCUT2D eigenvalue weighted by molar-refractivity contribution is 6.01.